The summed E-state index contributed by atoms with van der Waals surface area (Å²) in [6, 6.07) is 9.09. The number of nitrogens with zero attached hydrogens (tertiary/aromatic N) is 1. The smallest absolute Gasteiger partial charge is 0.141 e. The van der Waals surface area contributed by atoms with Gasteiger partial charge in [-0.1, -0.05) is 37.6 Å². The van der Waals surface area contributed by atoms with Gasteiger partial charge in [-0.05, 0) is 30.5 Å². The number of aryl methyl sites for hydroxylation is 1. The van der Waals surface area contributed by atoms with Crippen molar-refractivity contribution in [3.63, 3.8) is 0 Å². The molecular formula is C16H18FNO. The molecule has 0 saturated carbocycles. The van der Waals surface area contributed by atoms with Crippen molar-refractivity contribution in [1.82, 2.24) is 4.98 Å². The number of halogens is 1. The molecule has 2 nitrogen and oxygen atoms in total. The van der Waals surface area contributed by atoms with Gasteiger partial charge in [0.1, 0.15) is 11.4 Å². The van der Waals surface area contributed by atoms with Crippen LogP contribution in [0.3, 0.4) is 0 Å². The highest BCUT2D eigenvalue weighted by molar-refractivity contribution is 5.36. The third kappa shape index (κ3) is 2.99. The van der Waals surface area contributed by atoms with Crippen molar-refractivity contribution < 1.29 is 9.50 Å². The molecule has 0 amide bonds. The predicted octanol–water partition coefficient (Wildman–Crippen LogP) is 3.43. The number of aliphatic hydroxyl groups is 1. The van der Waals surface area contributed by atoms with E-state index in [0.717, 1.165) is 24.6 Å². The first kappa shape index (κ1) is 13.7. The van der Waals surface area contributed by atoms with Crippen LogP contribution in [0.1, 0.15) is 37.0 Å². The first-order chi connectivity index (χ1) is 9.04. The molecule has 0 fully saturated rings. The molecule has 0 aliphatic rings. The molecule has 2 rings (SSSR count). The van der Waals surface area contributed by atoms with Crippen molar-refractivity contribution in [1.29, 1.82) is 0 Å². The van der Waals surface area contributed by atoms with Gasteiger partial charge in [0.2, 0.25) is 0 Å². The zero-order chi connectivity index (χ0) is 13.9. The molecule has 3 heteroatoms. The molecule has 1 N–H and O–H groups in total. The van der Waals surface area contributed by atoms with E-state index in [0.29, 0.717) is 5.56 Å². The summed E-state index contributed by atoms with van der Waals surface area (Å²) in [6.07, 6.45) is 4.64. The number of rotatable bonds is 4. The molecule has 1 atom stereocenters. The Balaban J connectivity index is 2.41. The van der Waals surface area contributed by atoms with Crippen molar-refractivity contribution in [3.05, 3.63) is 65.2 Å². The topological polar surface area (TPSA) is 33.1 Å². The van der Waals surface area contributed by atoms with Crippen LogP contribution in [0.4, 0.5) is 4.39 Å². The highest BCUT2D eigenvalue weighted by Gasteiger charge is 2.26. The number of hydrogen-bond acceptors (Lipinski definition) is 2. The summed E-state index contributed by atoms with van der Waals surface area (Å²) in [4.78, 5) is 3.80. The number of pyridine rings is 1. The molecule has 0 radical (unpaired) electrons. The molecule has 1 heterocycles. The third-order valence-electron chi connectivity index (χ3n) is 3.29. The summed E-state index contributed by atoms with van der Waals surface area (Å²) in [5.74, 6) is -0.442. The number of aromatic nitrogens is 1. The largest absolute Gasteiger partial charge is 0.381 e. The average Bonchev–Trinajstić information content (AvgIpc) is 2.39. The van der Waals surface area contributed by atoms with E-state index in [4.69, 9.17) is 0 Å². The Labute approximate surface area is 112 Å². The van der Waals surface area contributed by atoms with Gasteiger partial charge >= 0.3 is 0 Å². The Hall–Kier alpha value is -1.74. The second-order valence-corrected chi connectivity index (χ2v) is 4.91. The molecule has 0 aliphatic heterocycles. The van der Waals surface area contributed by atoms with Crippen molar-refractivity contribution in [2.24, 2.45) is 0 Å². The zero-order valence-electron chi connectivity index (χ0n) is 11.2. The SMILES string of the molecule is CCCc1cccc(C(C)(O)c2cncc(F)c2)c1. The van der Waals surface area contributed by atoms with Crippen LogP contribution < -0.4 is 0 Å². The van der Waals surface area contributed by atoms with Gasteiger partial charge < -0.3 is 5.11 Å². The average molecular weight is 259 g/mol. The van der Waals surface area contributed by atoms with Gasteiger partial charge in [-0.2, -0.15) is 0 Å². The molecule has 1 unspecified atom stereocenters. The van der Waals surface area contributed by atoms with Crippen LogP contribution in [0.25, 0.3) is 0 Å². The minimum absolute atomic E-state index is 0.442. The molecule has 100 valence electrons. The van der Waals surface area contributed by atoms with Crippen LogP contribution in [0, 0.1) is 5.82 Å². The van der Waals surface area contributed by atoms with Gasteiger partial charge in [-0.15, -0.1) is 0 Å². The Kier molecular flexibility index (Phi) is 3.96. The van der Waals surface area contributed by atoms with E-state index in [-0.39, 0.29) is 0 Å². The van der Waals surface area contributed by atoms with Crippen LogP contribution in [0.15, 0.2) is 42.7 Å². The molecule has 0 saturated heterocycles. The van der Waals surface area contributed by atoms with Crippen LogP contribution >= 0.6 is 0 Å². The van der Waals surface area contributed by atoms with E-state index >= 15 is 0 Å². The second-order valence-electron chi connectivity index (χ2n) is 4.91. The lowest BCUT2D eigenvalue weighted by Crippen LogP contribution is -2.23. The summed E-state index contributed by atoms with van der Waals surface area (Å²) in [6.45, 7) is 3.77. The fraction of sp³-hybridized carbons (Fsp3) is 0.312. The van der Waals surface area contributed by atoms with E-state index in [9.17, 15) is 9.50 Å². The van der Waals surface area contributed by atoms with Crippen LogP contribution in [-0.4, -0.2) is 10.1 Å². The maximum Gasteiger partial charge on any atom is 0.141 e. The summed E-state index contributed by atoms with van der Waals surface area (Å²) >= 11 is 0. The minimum Gasteiger partial charge on any atom is -0.381 e. The molecule has 0 spiro atoms. The van der Waals surface area contributed by atoms with Crippen molar-refractivity contribution in [2.75, 3.05) is 0 Å². The van der Waals surface area contributed by atoms with E-state index in [1.807, 2.05) is 24.3 Å². The van der Waals surface area contributed by atoms with Gasteiger partial charge in [0.05, 0.1) is 6.20 Å². The monoisotopic (exact) mass is 259 g/mol. The van der Waals surface area contributed by atoms with Gasteiger partial charge in [-0.25, -0.2) is 4.39 Å². The molecule has 2 aromatic rings. The van der Waals surface area contributed by atoms with Crippen LogP contribution in [0.2, 0.25) is 0 Å². The molecule has 0 aliphatic carbocycles. The lowest BCUT2D eigenvalue weighted by Gasteiger charge is -2.24. The molecule has 0 bridgehead atoms. The van der Waals surface area contributed by atoms with E-state index in [2.05, 4.69) is 11.9 Å². The predicted molar refractivity (Wildman–Crippen MR) is 73.3 cm³/mol. The highest BCUT2D eigenvalue weighted by Crippen LogP contribution is 2.29. The van der Waals surface area contributed by atoms with E-state index < -0.39 is 11.4 Å². The van der Waals surface area contributed by atoms with Crippen molar-refractivity contribution in [3.8, 4) is 0 Å². The summed E-state index contributed by atoms with van der Waals surface area (Å²) in [7, 11) is 0. The first-order valence-corrected chi connectivity index (χ1v) is 6.47. The van der Waals surface area contributed by atoms with E-state index in [1.54, 1.807) is 6.92 Å². The van der Waals surface area contributed by atoms with Crippen molar-refractivity contribution >= 4 is 0 Å². The Bertz CT molecular complexity index is 566. The first-order valence-electron chi connectivity index (χ1n) is 6.47. The standard InChI is InChI=1S/C16H18FNO/c1-3-5-12-6-4-7-13(8-12)16(2,19)14-9-15(17)11-18-10-14/h4,6-11,19H,3,5H2,1-2H3. The Morgan fingerprint density at radius 1 is 1.21 bits per heavy atom. The Morgan fingerprint density at radius 3 is 2.68 bits per heavy atom. The zero-order valence-corrected chi connectivity index (χ0v) is 11.2. The second kappa shape index (κ2) is 5.49. The molecular weight excluding hydrogens is 241 g/mol. The van der Waals surface area contributed by atoms with E-state index in [1.165, 1.54) is 17.8 Å². The van der Waals surface area contributed by atoms with Gasteiger partial charge in [0.25, 0.3) is 0 Å². The fourth-order valence-corrected chi connectivity index (χ4v) is 2.16. The van der Waals surface area contributed by atoms with Gasteiger partial charge in [0, 0.05) is 11.8 Å². The lowest BCUT2D eigenvalue weighted by molar-refractivity contribution is 0.101. The normalized spacial score (nSPS) is 14.1. The Morgan fingerprint density at radius 2 is 2.00 bits per heavy atom. The highest BCUT2D eigenvalue weighted by atomic mass is 19.1. The fourth-order valence-electron chi connectivity index (χ4n) is 2.16. The molecule has 1 aromatic carbocycles. The van der Waals surface area contributed by atoms with Gasteiger partial charge in [0.15, 0.2) is 0 Å². The molecule has 1 aromatic heterocycles. The lowest BCUT2D eigenvalue weighted by atomic mass is 9.88. The van der Waals surface area contributed by atoms with Crippen LogP contribution in [0.5, 0.6) is 0 Å². The van der Waals surface area contributed by atoms with Gasteiger partial charge in [-0.3, -0.25) is 4.98 Å². The number of hydrogen-bond donors (Lipinski definition) is 1. The third-order valence-corrected chi connectivity index (χ3v) is 3.29. The molecule has 19 heavy (non-hydrogen) atoms. The minimum atomic E-state index is -1.24. The quantitative estimate of drug-likeness (QED) is 0.912. The van der Waals surface area contributed by atoms with Crippen molar-refractivity contribution in [2.45, 2.75) is 32.3 Å². The number of benzene rings is 1. The maximum absolute atomic E-state index is 13.2. The summed E-state index contributed by atoms with van der Waals surface area (Å²) in [5.41, 5.74) is 1.15. The van der Waals surface area contributed by atoms with Crippen LogP contribution in [-0.2, 0) is 12.0 Å². The summed E-state index contributed by atoms with van der Waals surface area (Å²) < 4.78 is 13.2. The summed E-state index contributed by atoms with van der Waals surface area (Å²) in [5, 5.41) is 10.7. The maximum atomic E-state index is 13.2.